The fraction of sp³-hybridized carbons (Fsp3) is 0.333. The first kappa shape index (κ1) is 54.3. The summed E-state index contributed by atoms with van der Waals surface area (Å²) in [6.07, 6.45) is 0. The van der Waals surface area contributed by atoms with E-state index in [1.807, 2.05) is 59.3 Å². The van der Waals surface area contributed by atoms with Crippen LogP contribution in [0.3, 0.4) is 0 Å². The summed E-state index contributed by atoms with van der Waals surface area (Å²) in [5.74, 6) is 0.226. The second-order valence-corrected chi connectivity index (χ2v) is 17.9. The Labute approximate surface area is 397 Å². The van der Waals surface area contributed by atoms with Gasteiger partial charge >= 0.3 is 10.4 Å². The SMILES string of the molecule is C.C.CN(C)c1ccc(C(c2ccc(N(C)C)cc2)c2ccc(N(C)CCO)cc2)cc1.CN(C)c1ccc(C(c2ccc(N(C)C)cc2)c2ccc(N(C)CCOS(=O)(=O)O)cc2)cc1. The molecule has 0 unspecified atom stereocenters. The minimum absolute atomic E-state index is 0. The van der Waals surface area contributed by atoms with Crippen molar-refractivity contribution in [2.45, 2.75) is 26.7 Å². The first-order valence-corrected chi connectivity index (χ1v) is 22.8. The van der Waals surface area contributed by atoms with E-state index in [1.165, 1.54) is 39.2 Å². The van der Waals surface area contributed by atoms with Crippen LogP contribution in [0.15, 0.2) is 146 Å². The van der Waals surface area contributed by atoms with Gasteiger partial charge in [-0.05, 0) is 106 Å². The minimum Gasteiger partial charge on any atom is -0.395 e. The Morgan fingerprint density at radius 1 is 0.394 bits per heavy atom. The molecule has 0 saturated carbocycles. The zero-order chi connectivity index (χ0) is 46.6. The van der Waals surface area contributed by atoms with Crippen molar-refractivity contribution < 1.29 is 22.3 Å². The zero-order valence-electron chi connectivity index (χ0n) is 39.1. The Bertz CT molecular complexity index is 2320. The molecule has 0 heterocycles. The summed E-state index contributed by atoms with van der Waals surface area (Å²) >= 11 is 0. The van der Waals surface area contributed by atoms with Crippen LogP contribution in [0.1, 0.15) is 60.1 Å². The van der Waals surface area contributed by atoms with Crippen molar-refractivity contribution in [3.63, 3.8) is 0 Å². The number of benzene rings is 6. The molecular weight excluding hydrogens is 845 g/mol. The van der Waals surface area contributed by atoms with Crippen molar-refractivity contribution in [1.82, 2.24) is 0 Å². The van der Waals surface area contributed by atoms with Crippen LogP contribution >= 0.6 is 0 Å². The van der Waals surface area contributed by atoms with Gasteiger partial charge in [0.25, 0.3) is 0 Å². The smallest absolute Gasteiger partial charge is 0.395 e. The minimum atomic E-state index is -4.43. The van der Waals surface area contributed by atoms with Crippen molar-refractivity contribution in [2.24, 2.45) is 0 Å². The van der Waals surface area contributed by atoms with Gasteiger partial charge in [0.05, 0.1) is 13.2 Å². The molecule has 0 atom stereocenters. The molecule has 0 bridgehead atoms. The third-order valence-corrected chi connectivity index (χ3v) is 11.9. The topological polar surface area (TPSA) is 103 Å². The van der Waals surface area contributed by atoms with Crippen molar-refractivity contribution in [3.05, 3.63) is 179 Å². The maximum absolute atomic E-state index is 10.8. The van der Waals surface area contributed by atoms with Crippen LogP contribution in [-0.4, -0.2) is 115 Å². The molecule has 0 spiro atoms. The van der Waals surface area contributed by atoms with Gasteiger partial charge in [0.15, 0.2) is 0 Å². The van der Waals surface area contributed by atoms with E-state index in [0.29, 0.717) is 13.1 Å². The van der Waals surface area contributed by atoms with E-state index in [0.717, 1.165) is 28.3 Å². The molecule has 66 heavy (non-hydrogen) atoms. The zero-order valence-corrected chi connectivity index (χ0v) is 39.9. The second-order valence-electron chi connectivity index (χ2n) is 16.8. The largest absolute Gasteiger partial charge is 0.397 e. The molecular formula is C54H74N6O5S. The summed E-state index contributed by atoms with van der Waals surface area (Å²) < 4.78 is 34.7. The average Bonchev–Trinajstić information content (AvgIpc) is 3.27. The highest BCUT2D eigenvalue weighted by Crippen LogP contribution is 2.36. The third-order valence-electron chi connectivity index (χ3n) is 11.4. The van der Waals surface area contributed by atoms with Gasteiger partial charge in [-0.3, -0.25) is 4.55 Å². The number of anilines is 6. The van der Waals surface area contributed by atoms with Gasteiger partial charge in [-0.25, -0.2) is 4.18 Å². The lowest BCUT2D eigenvalue weighted by molar-refractivity contribution is 0.274. The van der Waals surface area contributed by atoms with Crippen LogP contribution in [0, 0.1) is 0 Å². The van der Waals surface area contributed by atoms with Crippen molar-refractivity contribution in [1.29, 1.82) is 0 Å². The molecule has 0 amide bonds. The van der Waals surface area contributed by atoms with Crippen LogP contribution in [0.4, 0.5) is 34.1 Å². The molecule has 11 nitrogen and oxygen atoms in total. The summed E-state index contributed by atoms with van der Waals surface area (Å²) in [7, 11) is 15.8. The summed E-state index contributed by atoms with van der Waals surface area (Å²) in [6.45, 7) is 0.967. The van der Waals surface area contributed by atoms with Crippen molar-refractivity contribution in [2.75, 3.05) is 126 Å². The Morgan fingerprint density at radius 2 is 0.606 bits per heavy atom. The molecule has 6 rings (SSSR count). The second kappa shape index (κ2) is 25.0. The van der Waals surface area contributed by atoms with E-state index in [1.54, 1.807) is 0 Å². The number of hydrogen-bond donors (Lipinski definition) is 2. The van der Waals surface area contributed by atoms with Crippen molar-refractivity contribution >= 4 is 44.5 Å². The monoisotopic (exact) mass is 919 g/mol. The first-order valence-electron chi connectivity index (χ1n) is 21.4. The lowest BCUT2D eigenvalue weighted by atomic mass is 9.85. The van der Waals surface area contributed by atoms with Gasteiger partial charge in [0, 0.05) is 130 Å². The Morgan fingerprint density at radius 3 is 0.803 bits per heavy atom. The van der Waals surface area contributed by atoms with Gasteiger partial charge in [-0.2, -0.15) is 8.42 Å². The van der Waals surface area contributed by atoms with Gasteiger partial charge in [0.1, 0.15) is 0 Å². The third kappa shape index (κ3) is 15.0. The van der Waals surface area contributed by atoms with E-state index in [9.17, 15) is 13.5 Å². The molecule has 0 aromatic heterocycles. The summed E-state index contributed by atoms with van der Waals surface area (Å²) in [6, 6.07) is 51.8. The van der Waals surface area contributed by atoms with Crippen molar-refractivity contribution in [3.8, 4) is 0 Å². The van der Waals surface area contributed by atoms with Crippen LogP contribution in [0.5, 0.6) is 0 Å². The predicted molar refractivity (Wildman–Crippen MR) is 282 cm³/mol. The fourth-order valence-electron chi connectivity index (χ4n) is 7.54. The normalized spacial score (nSPS) is 10.9. The van der Waals surface area contributed by atoms with Crippen LogP contribution < -0.4 is 29.4 Å². The van der Waals surface area contributed by atoms with E-state index >= 15 is 0 Å². The number of likely N-dealkylation sites (N-methyl/N-ethyl adjacent to an activating group) is 2. The maximum atomic E-state index is 10.8. The summed E-state index contributed by atoms with van der Waals surface area (Å²) in [5.41, 5.74) is 14.1. The van der Waals surface area contributed by atoms with Gasteiger partial charge < -0.3 is 34.5 Å². The molecule has 0 radical (unpaired) electrons. The van der Waals surface area contributed by atoms with Gasteiger partial charge in [-0.1, -0.05) is 87.6 Å². The molecule has 0 fully saturated rings. The number of hydrogen-bond acceptors (Lipinski definition) is 10. The number of aliphatic hydroxyl groups excluding tert-OH is 1. The first-order chi connectivity index (χ1) is 30.4. The predicted octanol–water partition coefficient (Wildman–Crippen LogP) is 9.95. The average molecular weight is 919 g/mol. The fourth-order valence-corrected chi connectivity index (χ4v) is 7.83. The number of rotatable bonds is 18. The molecule has 0 saturated heterocycles. The molecule has 0 aliphatic heterocycles. The molecule has 6 aromatic carbocycles. The summed E-state index contributed by atoms with van der Waals surface area (Å²) in [4.78, 5) is 12.4. The highest BCUT2D eigenvalue weighted by molar-refractivity contribution is 7.80. The van der Waals surface area contributed by atoms with Gasteiger partial charge in [0.2, 0.25) is 0 Å². The van der Waals surface area contributed by atoms with E-state index in [2.05, 4.69) is 190 Å². The van der Waals surface area contributed by atoms with Crippen LogP contribution in [0.25, 0.3) is 0 Å². The molecule has 0 aliphatic carbocycles. The van der Waals surface area contributed by atoms with Crippen LogP contribution in [-0.2, 0) is 14.6 Å². The van der Waals surface area contributed by atoms with E-state index in [4.69, 9.17) is 4.55 Å². The van der Waals surface area contributed by atoms with Gasteiger partial charge in [-0.15, -0.1) is 0 Å². The quantitative estimate of drug-likeness (QED) is 0.0637. The molecule has 0 aliphatic rings. The van der Waals surface area contributed by atoms with E-state index in [-0.39, 0.29) is 39.9 Å². The number of nitrogens with zero attached hydrogens (tertiary/aromatic N) is 6. The Hall–Kier alpha value is -6.05. The lowest BCUT2D eigenvalue weighted by Crippen LogP contribution is -2.23. The molecule has 2 N–H and O–H groups in total. The molecule has 12 heteroatoms. The lowest BCUT2D eigenvalue weighted by Gasteiger charge is -2.23. The summed E-state index contributed by atoms with van der Waals surface area (Å²) in [5, 5.41) is 9.21. The highest BCUT2D eigenvalue weighted by Gasteiger charge is 2.20. The Balaban J connectivity index is 0.000000342. The Kier molecular flexibility index (Phi) is 20.6. The maximum Gasteiger partial charge on any atom is 0.397 e. The number of aliphatic hydroxyl groups is 1. The highest BCUT2D eigenvalue weighted by atomic mass is 32.3. The molecule has 6 aromatic rings. The van der Waals surface area contributed by atoms with E-state index < -0.39 is 10.4 Å². The molecule has 356 valence electrons. The van der Waals surface area contributed by atoms with Crippen LogP contribution in [0.2, 0.25) is 0 Å². The standard InChI is InChI=1S/C26H33N3O4S.C26H33N3O.2CH4/c1-27(2)23-12-6-20(7-13-23)26(21-8-14-24(15-9-21)28(3)4)22-10-16-25(17-11-22)29(5)18-19-33-34(30,31)32;1-27(2)23-12-6-20(7-13-23)26(21-8-14-24(15-9-21)28(3)4)22-10-16-25(17-11-22)29(5)18-19-30;;/h6-17,26H,18-19H2,1-5H3,(H,30,31,32);6-17,26,30H,18-19H2,1-5H3;2*1H4.